The molecular weight excluding hydrogens is 224 g/mol. The van der Waals surface area contributed by atoms with Crippen LogP contribution in [0.5, 0.6) is 0 Å². The Morgan fingerprint density at radius 1 is 1.50 bits per heavy atom. The molecule has 0 bridgehead atoms. The molecule has 0 aromatic heterocycles. The van der Waals surface area contributed by atoms with Gasteiger partial charge in [0.2, 0.25) is 5.91 Å². The summed E-state index contributed by atoms with van der Waals surface area (Å²) in [5, 5.41) is 2.75. The van der Waals surface area contributed by atoms with Crippen molar-refractivity contribution in [2.45, 2.75) is 27.7 Å². The summed E-state index contributed by atoms with van der Waals surface area (Å²) in [5.74, 6) is 0.344. The zero-order chi connectivity index (χ0) is 12.8. The summed E-state index contributed by atoms with van der Waals surface area (Å²) in [6.07, 6.45) is 0. The molecule has 16 heavy (non-hydrogen) atoms. The molecule has 0 fully saturated rings. The van der Waals surface area contributed by atoms with Crippen LogP contribution in [-0.4, -0.2) is 30.7 Å². The topological polar surface area (TPSA) is 64.3 Å². The average molecular weight is 246 g/mol. The lowest BCUT2D eigenvalue weighted by atomic mass is 9.92. The quantitative estimate of drug-likeness (QED) is 0.521. The molecule has 0 aliphatic heterocycles. The number of rotatable bonds is 7. The molecule has 0 saturated heterocycles. The summed E-state index contributed by atoms with van der Waals surface area (Å²) in [6, 6.07) is 0. The standard InChI is InChI=1S/C11H22N2O2S/c1-8(2)7-15-6-5-13-10(14)11(3,4)9(12)16/h8H,5-7H2,1-4H3,(H2,12,16)(H,13,14). The van der Waals surface area contributed by atoms with Gasteiger partial charge in [0.15, 0.2) is 0 Å². The van der Waals surface area contributed by atoms with E-state index in [-0.39, 0.29) is 10.9 Å². The van der Waals surface area contributed by atoms with Gasteiger partial charge in [-0.2, -0.15) is 0 Å². The smallest absolute Gasteiger partial charge is 0.232 e. The summed E-state index contributed by atoms with van der Waals surface area (Å²) >= 11 is 4.83. The van der Waals surface area contributed by atoms with Gasteiger partial charge in [0.25, 0.3) is 0 Å². The maximum Gasteiger partial charge on any atom is 0.232 e. The maximum absolute atomic E-state index is 11.7. The fourth-order valence-corrected chi connectivity index (χ4v) is 0.981. The van der Waals surface area contributed by atoms with Crippen LogP contribution in [0, 0.1) is 11.3 Å². The van der Waals surface area contributed by atoms with Gasteiger partial charge in [0.05, 0.1) is 17.0 Å². The zero-order valence-electron chi connectivity index (χ0n) is 10.5. The van der Waals surface area contributed by atoms with Crippen molar-refractivity contribution in [2.24, 2.45) is 17.1 Å². The fourth-order valence-electron chi connectivity index (χ4n) is 0.889. The third-order valence-electron chi connectivity index (χ3n) is 2.17. The van der Waals surface area contributed by atoms with Crippen molar-refractivity contribution in [1.29, 1.82) is 0 Å². The molecule has 4 nitrogen and oxygen atoms in total. The first kappa shape index (κ1) is 15.3. The Kier molecular flexibility index (Phi) is 6.52. The number of hydrogen-bond acceptors (Lipinski definition) is 3. The molecule has 5 heteroatoms. The van der Waals surface area contributed by atoms with Crippen molar-refractivity contribution in [3.8, 4) is 0 Å². The monoisotopic (exact) mass is 246 g/mol. The molecule has 0 aliphatic rings. The fraction of sp³-hybridized carbons (Fsp3) is 0.818. The molecule has 1 amide bonds. The largest absolute Gasteiger partial charge is 0.392 e. The van der Waals surface area contributed by atoms with Crippen LogP contribution < -0.4 is 11.1 Å². The van der Waals surface area contributed by atoms with Crippen LogP contribution in [0.1, 0.15) is 27.7 Å². The molecule has 0 aromatic carbocycles. The van der Waals surface area contributed by atoms with E-state index in [2.05, 4.69) is 19.2 Å². The number of carbonyl (C=O) groups is 1. The van der Waals surface area contributed by atoms with E-state index in [9.17, 15) is 4.79 Å². The number of nitrogens with two attached hydrogens (primary N) is 1. The van der Waals surface area contributed by atoms with E-state index < -0.39 is 5.41 Å². The summed E-state index contributed by atoms with van der Waals surface area (Å²) in [7, 11) is 0. The van der Waals surface area contributed by atoms with Gasteiger partial charge in [-0.1, -0.05) is 26.1 Å². The maximum atomic E-state index is 11.7. The minimum Gasteiger partial charge on any atom is -0.392 e. The summed E-state index contributed by atoms with van der Waals surface area (Å²) in [4.78, 5) is 11.9. The van der Waals surface area contributed by atoms with Crippen LogP contribution in [0.2, 0.25) is 0 Å². The average Bonchev–Trinajstić information content (AvgIpc) is 2.16. The summed E-state index contributed by atoms with van der Waals surface area (Å²) in [6.45, 7) is 9.27. The molecule has 0 spiro atoms. The number of thiocarbonyl (C=S) groups is 1. The Morgan fingerprint density at radius 3 is 2.50 bits per heavy atom. The summed E-state index contributed by atoms with van der Waals surface area (Å²) < 4.78 is 5.34. The highest BCUT2D eigenvalue weighted by molar-refractivity contribution is 7.80. The van der Waals surface area contributed by atoms with Crippen LogP contribution in [-0.2, 0) is 9.53 Å². The van der Waals surface area contributed by atoms with Crippen LogP contribution >= 0.6 is 12.2 Å². The van der Waals surface area contributed by atoms with E-state index in [1.807, 2.05) is 0 Å². The highest BCUT2D eigenvalue weighted by atomic mass is 32.1. The van der Waals surface area contributed by atoms with E-state index in [1.54, 1.807) is 13.8 Å². The molecule has 0 saturated carbocycles. The third-order valence-corrected chi connectivity index (χ3v) is 2.68. The molecule has 0 unspecified atom stereocenters. The second-order valence-corrected chi connectivity index (χ2v) is 5.15. The van der Waals surface area contributed by atoms with Crippen molar-refractivity contribution in [3.05, 3.63) is 0 Å². The van der Waals surface area contributed by atoms with Crippen LogP contribution in [0.15, 0.2) is 0 Å². The lowest BCUT2D eigenvalue weighted by Crippen LogP contribution is -2.45. The number of ether oxygens (including phenoxy) is 1. The van der Waals surface area contributed by atoms with Gasteiger partial charge in [-0.15, -0.1) is 0 Å². The zero-order valence-corrected chi connectivity index (χ0v) is 11.3. The van der Waals surface area contributed by atoms with Gasteiger partial charge in [0, 0.05) is 13.2 Å². The Labute approximate surface area is 103 Å². The van der Waals surface area contributed by atoms with Crippen LogP contribution in [0.25, 0.3) is 0 Å². The number of amides is 1. The lowest BCUT2D eigenvalue weighted by Gasteiger charge is -2.21. The Balaban J connectivity index is 3.78. The van der Waals surface area contributed by atoms with Gasteiger partial charge in [-0.3, -0.25) is 4.79 Å². The van der Waals surface area contributed by atoms with E-state index in [0.29, 0.717) is 25.7 Å². The first-order chi connectivity index (χ1) is 7.28. The van der Waals surface area contributed by atoms with Crippen molar-refractivity contribution >= 4 is 23.1 Å². The molecule has 94 valence electrons. The van der Waals surface area contributed by atoms with Crippen molar-refractivity contribution < 1.29 is 9.53 Å². The van der Waals surface area contributed by atoms with Crippen LogP contribution in [0.4, 0.5) is 0 Å². The van der Waals surface area contributed by atoms with E-state index >= 15 is 0 Å². The second kappa shape index (κ2) is 6.81. The first-order valence-corrected chi connectivity index (χ1v) is 5.85. The molecule has 0 heterocycles. The molecule has 0 rings (SSSR count). The van der Waals surface area contributed by atoms with Gasteiger partial charge in [0.1, 0.15) is 0 Å². The number of hydrogen-bond donors (Lipinski definition) is 2. The Morgan fingerprint density at radius 2 is 2.06 bits per heavy atom. The Bertz CT molecular complexity index is 252. The predicted octanol–water partition coefficient (Wildman–Crippen LogP) is 1.09. The van der Waals surface area contributed by atoms with Crippen molar-refractivity contribution in [2.75, 3.05) is 19.8 Å². The number of carbonyl (C=O) groups excluding carboxylic acids is 1. The van der Waals surface area contributed by atoms with Crippen molar-refractivity contribution in [1.82, 2.24) is 5.32 Å². The highest BCUT2D eigenvalue weighted by Crippen LogP contribution is 2.14. The minimum atomic E-state index is -0.798. The molecule has 0 atom stereocenters. The molecule has 0 radical (unpaired) electrons. The SMILES string of the molecule is CC(C)COCCNC(=O)C(C)(C)C(N)=S. The molecular formula is C11H22N2O2S. The first-order valence-electron chi connectivity index (χ1n) is 5.44. The lowest BCUT2D eigenvalue weighted by molar-refractivity contribution is -0.126. The van der Waals surface area contributed by atoms with Gasteiger partial charge in [-0.05, 0) is 19.8 Å². The normalized spacial score (nSPS) is 11.6. The second-order valence-electron chi connectivity index (χ2n) is 4.71. The molecule has 0 aromatic rings. The molecule has 0 aliphatic carbocycles. The van der Waals surface area contributed by atoms with Gasteiger partial charge >= 0.3 is 0 Å². The third kappa shape index (κ3) is 5.42. The number of nitrogens with one attached hydrogen (secondary N) is 1. The minimum absolute atomic E-state index is 0.159. The highest BCUT2D eigenvalue weighted by Gasteiger charge is 2.30. The van der Waals surface area contributed by atoms with E-state index in [0.717, 1.165) is 0 Å². The van der Waals surface area contributed by atoms with Gasteiger partial charge in [-0.25, -0.2) is 0 Å². The van der Waals surface area contributed by atoms with Gasteiger partial charge < -0.3 is 15.8 Å². The predicted molar refractivity (Wildman–Crippen MR) is 69.2 cm³/mol. The Hall–Kier alpha value is -0.680. The van der Waals surface area contributed by atoms with E-state index in [4.69, 9.17) is 22.7 Å². The van der Waals surface area contributed by atoms with Crippen molar-refractivity contribution in [3.63, 3.8) is 0 Å². The molecule has 3 N–H and O–H groups in total. The summed E-state index contributed by atoms with van der Waals surface area (Å²) in [5.41, 5.74) is 4.68. The van der Waals surface area contributed by atoms with Crippen LogP contribution in [0.3, 0.4) is 0 Å². The van der Waals surface area contributed by atoms with E-state index in [1.165, 1.54) is 0 Å².